The summed E-state index contributed by atoms with van der Waals surface area (Å²) in [5.74, 6) is 1.35. The van der Waals surface area contributed by atoms with Crippen LogP contribution in [0.3, 0.4) is 0 Å². The third-order valence-electron chi connectivity index (χ3n) is 3.65. The number of nitro groups is 1. The van der Waals surface area contributed by atoms with Gasteiger partial charge in [0.15, 0.2) is 0 Å². The number of hydrogen-bond donors (Lipinski definition) is 2. The molecule has 1 aromatic heterocycles. The highest BCUT2D eigenvalue weighted by Crippen LogP contribution is 2.35. The van der Waals surface area contributed by atoms with E-state index in [0.717, 1.165) is 19.5 Å². The summed E-state index contributed by atoms with van der Waals surface area (Å²) in [6.45, 7) is 9.79. The first-order chi connectivity index (χ1) is 10.4. The van der Waals surface area contributed by atoms with Crippen LogP contribution in [0.25, 0.3) is 0 Å². The normalized spacial score (nSPS) is 21.5. The van der Waals surface area contributed by atoms with Crippen LogP contribution in [0.5, 0.6) is 0 Å². The van der Waals surface area contributed by atoms with Crippen molar-refractivity contribution in [2.24, 2.45) is 11.8 Å². The van der Waals surface area contributed by atoms with Gasteiger partial charge in [-0.25, -0.2) is 0 Å². The number of anilines is 3. The van der Waals surface area contributed by atoms with Gasteiger partial charge in [-0.05, 0) is 18.3 Å². The first-order valence-electron chi connectivity index (χ1n) is 7.34. The second-order valence-electron chi connectivity index (χ2n) is 5.88. The zero-order chi connectivity index (χ0) is 16.3. The van der Waals surface area contributed by atoms with Crippen molar-refractivity contribution in [1.82, 2.24) is 9.97 Å². The summed E-state index contributed by atoms with van der Waals surface area (Å²) in [5.41, 5.74) is 5.57. The van der Waals surface area contributed by atoms with E-state index in [0.29, 0.717) is 24.2 Å². The van der Waals surface area contributed by atoms with E-state index in [2.05, 4.69) is 35.7 Å². The molecule has 2 rings (SSSR count). The molecule has 120 valence electrons. The fraction of sp³-hybridized carbons (Fsp3) is 0.571. The van der Waals surface area contributed by atoms with E-state index in [1.165, 1.54) is 0 Å². The zero-order valence-electron chi connectivity index (χ0n) is 13.0. The Kier molecular flexibility index (Phi) is 4.79. The van der Waals surface area contributed by atoms with Crippen molar-refractivity contribution >= 4 is 23.3 Å². The number of aromatic nitrogens is 2. The zero-order valence-corrected chi connectivity index (χ0v) is 13.0. The van der Waals surface area contributed by atoms with E-state index in [1.807, 2.05) is 4.90 Å². The summed E-state index contributed by atoms with van der Waals surface area (Å²) in [6, 6.07) is 0. The van der Waals surface area contributed by atoms with E-state index in [1.54, 1.807) is 6.08 Å². The van der Waals surface area contributed by atoms with Gasteiger partial charge in [0, 0.05) is 19.6 Å². The molecule has 0 aromatic carbocycles. The van der Waals surface area contributed by atoms with Gasteiger partial charge < -0.3 is 16.0 Å². The Hall–Kier alpha value is -2.38. The van der Waals surface area contributed by atoms with Gasteiger partial charge in [0.2, 0.25) is 17.6 Å². The SMILES string of the molecule is C=CCNc1nc(N)c([N+](=O)[O-])c(N2C[C@@H](C)C[C@H](C)C2)n1. The van der Waals surface area contributed by atoms with Crippen LogP contribution < -0.4 is 16.0 Å². The van der Waals surface area contributed by atoms with E-state index in [4.69, 9.17) is 5.73 Å². The van der Waals surface area contributed by atoms with Crippen molar-refractivity contribution in [2.75, 3.05) is 35.6 Å². The van der Waals surface area contributed by atoms with Gasteiger partial charge in [-0.15, -0.1) is 6.58 Å². The highest BCUT2D eigenvalue weighted by Gasteiger charge is 2.31. The predicted octanol–water partition coefficient (Wildman–Crippen LogP) is 2.05. The van der Waals surface area contributed by atoms with Crippen molar-refractivity contribution in [1.29, 1.82) is 0 Å². The third kappa shape index (κ3) is 3.44. The monoisotopic (exact) mass is 306 g/mol. The number of nitrogens with two attached hydrogens (primary N) is 1. The van der Waals surface area contributed by atoms with E-state index < -0.39 is 4.92 Å². The topological polar surface area (TPSA) is 110 Å². The van der Waals surface area contributed by atoms with Gasteiger partial charge in [-0.3, -0.25) is 10.1 Å². The Morgan fingerprint density at radius 2 is 2.09 bits per heavy atom. The van der Waals surface area contributed by atoms with Crippen molar-refractivity contribution in [3.05, 3.63) is 22.8 Å². The molecule has 1 aliphatic heterocycles. The number of nitrogens with one attached hydrogen (secondary N) is 1. The lowest BCUT2D eigenvalue weighted by Gasteiger charge is -2.35. The molecule has 0 radical (unpaired) electrons. The van der Waals surface area contributed by atoms with Crippen LogP contribution in [-0.2, 0) is 0 Å². The average Bonchev–Trinajstić information content (AvgIpc) is 2.42. The van der Waals surface area contributed by atoms with E-state index >= 15 is 0 Å². The van der Waals surface area contributed by atoms with E-state index in [9.17, 15) is 10.1 Å². The number of piperidine rings is 1. The van der Waals surface area contributed by atoms with Crippen LogP contribution in [0.15, 0.2) is 12.7 Å². The lowest BCUT2D eigenvalue weighted by molar-refractivity contribution is -0.383. The summed E-state index contributed by atoms with van der Waals surface area (Å²) >= 11 is 0. The summed E-state index contributed by atoms with van der Waals surface area (Å²) in [5, 5.41) is 14.3. The number of rotatable bonds is 5. The minimum absolute atomic E-state index is 0.118. The van der Waals surface area contributed by atoms with Gasteiger partial charge in [0.25, 0.3) is 0 Å². The predicted molar refractivity (Wildman–Crippen MR) is 86.9 cm³/mol. The second-order valence-corrected chi connectivity index (χ2v) is 5.88. The molecule has 1 aliphatic rings. The molecule has 0 spiro atoms. The molecule has 0 aliphatic carbocycles. The Balaban J connectivity index is 2.43. The van der Waals surface area contributed by atoms with Gasteiger partial charge in [-0.1, -0.05) is 19.9 Å². The van der Waals surface area contributed by atoms with Crippen LogP contribution >= 0.6 is 0 Å². The largest absolute Gasteiger partial charge is 0.378 e. The quantitative estimate of drug-likeness (QED) is 0.486. The Morgan fingerprint density at radius 1 is 1.45 bits per heavy atom. The molecule has 0 amide bonds. The molecule has 0 bridgehead atoms. The minimum Gasteiger partial charge on any atom is -0.378 e. The molecule has 1 saturated heterocycles. The summed E-state index contributed by atoms with van der Waals surface area (Å²) < 4.78 is 0. The summed E-state index contributed by atoms with van der Waals surface area (Å²) in [7, 11) is 0. The van der Waals surface area contributed by atoms with Gasteiger partial charge in [0.1, 0.15) is 0 Å². The Bertz CT molecular complexity index is 567. The molecule has 1 aromatic rings. The smallest absolute Gasteiger partial charge is 0.353 e. The minimum atomic E-state index is -0.508. The highest BCUT2D eigenvalue weighted by atomic mass is 16.6. The van der Waals surface area contributed by atoms with Crippen LogP contribution in [-0.4, -0.2) is 34.5 Å². The molecule has 2 atom stereocenters. The Morgan fingerprint density at radius 3 is 2.64 bits per heavy atom. The second kappa shape index (κ2) is 6.59. The van der Waals surface area contributed by atoms with Crippen LogP contribution in [0.4, 0.5) is 23.3 Å². The molecular weight excluding hydrogens is 284 g/mol. The lowest BCUT2D eigenvalue weighted by Crippen LogP contribution is -2.39. The number of nitrogens with zero attached hydrogens (tertiary/aromatic N) is 4. The standard InChI is InChI=1S/C14H22N6O2/c1-4-5-16-14-17-12(15)11(20(21)22)13(18-14)19-7-9(2)6-10(3)8-19/h4,9-10H,1,5-8H2,2-3H3,(H3,15,16,17,18)/t9-,10-/m0/s1. The molecule has 8 heteroatoms. The lowest BCUT2D eigenvalue weighted by atomic mass is 9.92. The maximum Gasteiger partial charge on any atom is 0.353 e. The average molecular weight is 306 g/mol. The number of hydrogen-bond acceptors (Lipinski definition) is 7. The van der Waals surface area contributed by atoms with Crippen LogP contribution in [0, 0.1) is 22.0 Å². The highest BCUT2D eigenvalue weighted by molar-refractivity contribution is 5.71. The first-order valence-corrected chi connectivity index (χ1v) is 7.34. The van der Waals surface area contributed by atoms with Crippen molar-refractivity contribution < 1.29 is 4.92 Å². The fourth-order valence-electron chi connectivity index (χ4n) is 2.93. The molecule has 1 fully saturated rings. The maximum atomic E-state index is 11.4. The van der Waals surface area contributed by atoms with Crippen molar-refractivity contribution in [3.63, 3.8) is 0 Å². The van der Waals surface area contributed by atoms with E-state index in [-0.39, 0.29) is 17.5 Å². The van der Waals surface area contributed by atoms with Crippen molar-refractivity contribution in [3.8, 4) is 0 Å². The molecule has 8 nitrogen and oxygen atoms in total. The molecule has 0 unspecified atom stereocenters. The molecule has 22 heavy (non-hydrogen) atoms. The molecule has 3 N–H and O–H groups in total. The first kappa shape index (κ1) is 16.0. The summed E-state index contributed by atoms with van der Waals surface area (Å²) in [6.07, 6.45) is 2.76. The van der Waals surface area contributed by atoms with Crippen LogP contribution in [0.1, 0.15) is 20.3 Å². The summed E-state index contributed by atoms with van der Waals surface area (Å²) in [4.78, 5) is 21.1. The fourth-order valence-corrected chi connectivity index (χ4v) is 2.93. The molecule has 2 heterocycles. The number of nitrogen functional groups attached to an aromatic ring is 1. The van der Waals surface area contributed by atoms with Crippen molar-refractivity contribution in [2.45, 2.75) is 20.3 Å². The van der Waals surface area contributed by atoms with Gasteiger partial charge in [0.05, 0.1) is 4.92 Å². The Labute approximate surface area is 129 Å². The third-order valence-corrected chi connectivity index (χ3v) is 3.65. The molecular formula is C14H22N6O2. The molecule has 0 saturated carbocycles. The van der Waals surface area contributed by atoms with Crippen LogP contribution in [0.2, 0.25) is 0 Å². The maximum absolute atomic E-state index is 11.4. The van der Waals surface area contributed by atoms with Gasteiger partial charge >= 0.3 is 5.69 Å². The van der Waals surface area contributed by atoms with Gasteiger partial charge in [-0.2, -0.15) is 9.97 Å².